The van der Waals surface area contributed by atoms with Crippen molar-refractivity contribution in [3.05, 3.63) is 71.8 Å². The zero-order chi connectivity index (χ0) is 24.7. The van der Waals surface area contributed by atoms with Crippen molar-refractivity contribution in [1.82, 2.24) is 0 Å². The Morgan fingerprint density at radius 1 is 0.636 bits per heavy atom. The molecule has 0 unspecified atom stereocenters. The molecule has 0 spiro atoms. The van der Waals surface area contributed by atoms with Crippen molar-refractivity contribution < 1.29 is 19.1 Å². The minimum atomic E-state index is -0.239. The van der Waals surface area contributed by atoms with Gasteiger partial charge in [0.25, 0.3) is 0 Å². The third-order valence-corrected chi connectivity index (χ3v) is 8.53. The minimum absolute atomic E-state index is 0.182. The number of rotatable bonds is 9. The first-order valence-corrected chi connectivity index (χ1v) is 14.5. The first-order chi connectivity index (χ1) is 15.4. The average molecular weight is 559 g/mol. The Morgan fingerprint density at radius 3 is 1.24 bits per heavy atom. The maximum Gasteiger partial charge on any atom is 0.306 e. The van der Waals surface area contributed by atoms with E-state index in [9.17, 15) is 9.59 Å². The van der Waals surface area contributed by atoms with Crippen molar-refractivity contribution in [2.45, 2.75) is 87.3 Å². The molecule has 0 saturated heterocycles. The molecule has 0 aliphatic heterocycles. The first kappa shape index (κ1) is 29.2. The fourth-order valence-electron chi connectivity index (χ4n) is 3.28. The van der Waals surface area contributed by atoms with E-state index in [0.717, 1.165) is 11.1 Å². The Bertz CT molecular complexity index is 736. The van der Waals surface area contributed by atoms with Crippen molar-refractivity contribution in [2.75, 3.05) is 0 Å². The van der Waals surface area contributed by atoms with Crippen LogP contribution in [0.25, 0.3) is 0 Å². The number of benzene rings is 2. The molecule has 0 amide bonds. The van der Waals surface area contributed by atoms with Gasteiger partial charge in [0, 0.05) is 12.8 Å². The standard InChI is InChI=1S/C20H22O4.2C4H9.Sn/c21-19(23-15-17-9-3-1-4-10-17)13-7-8-14-20(22)24-16-18-11-5-2-6-12-18;2*1-4(2)3;/h1-6,9-12H,7-8,13-16H2;2*1-3H3;. The molecule has 2 rings (SSSR count). The molecule has 4 nitrogen and oxygen atoms in total. The summed E-state index contributed by atoms with van der Waals surface area (Å²) in [6, 6.07) is 19.1. The molecule has 5 heteroatoms. The van der Waals surface area contributed by atoms with Gasteiger partial charge in [0.1, 0.15) is 13.2 Å². The molecule has 0 saturated carbocycles. The van der Waals surface area contributed by atoms with Crippen LogP contribution < -0.4 is 0 Å². The Hall–Kier alpha value is -1.82. The van der Waals surface area contributed by atoms with Gasteiger partial charge in [0.2, 0.25) is 0 Å². The van der Waals surface area contributed by atoms with Crippen molar-refractivity contribution in [3.63, 3.8) is 0 Å². The SMILES string of the molecule is C[C](C)(C)[Sn][C](C)(C)C.O=C(CCCCC(=O)OCc1ccccc1)OCc1ccccc1. The molecule has 0 aromatic heterocycles. The summed E-state index contributed by atoms with van der Waals surface area (Å²) in [6.45, 7) is 14.8. The third-order valence-electron chi connectivity index (χ3n) is 4.25. The van der Waals surface area contributed by atoms with E-state index in [1.165, 1.54) is 0 Å². The Morgan fingerprint density at radius 2 is 0.970 bits per heavy atom. The molecule has 0 bridgehead atoms. The predicted octanol–water partition coefficient (Wildman–Crippen LogP) is 7.16. The van der Waals surface area contributed by atoms with E-state index in [1.54, 1.807) is 0 Å². The number of esters is 2. The number of hydrogen-bond acceptors (Lipinski definition) is 4. The van der Waals surface area contributed by atoms with Crippen LogP contribution in [0.5, 0.6) is 0 Å². The van der Waals surface area contributed by atoms with Crippen LogP contribution in [-0.2, 0) is 32.3 Å². The van der Waals surface area contributed by atoms with Gasteiger partial charge in [-0.1, -0.05) is 60.7 Å². The van der Waals surface area contributed by atoms with Gasteiger partial charge in [0.05, 0.1) is 0 Å². The second-order valence-electron chi connectivity index (χ2n) is 10.1. The number of unbranched alkanes of at least 4 members (excludes halogenated alkanes) is 1. The van der Waals surface area contributed by atoms with Gasteiger partial charge in [0.15, 0.2) is 0 Å². The first-order valence-electron chi connectivity index (χ1n) is 11.6. The predicted molar refractivity (Wildman–Crippen MR) is 136 cm³/mol. The number of carbonyl (C=O) groups excluding carboxylic acids is 2. The number of hydrogen-bond donors (Lipinski definition) is 0. The molecule has 0 fully saturated rings. The van der Waals surface area contributed by atoms with E-state index in [0.29, 0.717) is 45.8 Å². The minimum Gasteiger partial charge on any atom is -0.461 e. The van der Waals surface area contributed by atoms with Gasteiger partial charge >= 0.3 is 81.5 Å². The summed E-state index contributed by atoms with van der Waals surface area (Å²) in [4.78, 5) is 23.3. The van der Waals surface area contributed by atoms with E-state index in [-0.39, 0.29) is 33.1 Å². The summed E-state index contributed by atoms with van der Waals surface area (Å²) in [7, 11) is 0. The van der Waals surface area contributed by atoms with E-state index >= 15 is 0 Å². The molecular formula is C28H40O4Sn. The fourth-order valence-corrected chi connectivity index (χ4v) is 9.71. The van der Waals surface area contributed by atoms with Crippen LogP contribution >= 0.6 is 0 Å². The number of ether oxygens (including phenoxy) is 2. The normalized spacial score (nSPS) is 11.2. The molecule has 180 valence electrons. The van der Waals surface area contributed by atoms with Gasteiger partial charge in [-0.3, -0.25) is 9.59 Å². The smallest absolute Gasteiger partial charge is 0.306 e. The quantitative estimate of drug-likeness (QED) is 0.186. The zero-order valence-corrected chi connectivity index (χ0v) is 24.0. The fraction of sp³-hybridized carbons (Fsp3) is 0.500. The van der Waals surface area contributed by atoms with Crippen molar-refractivity contribution in [3.8, 4) is 0 Å². The van der Waals surface area contributed by atoms with Crippen LogP contribution in [0, 0.1) is 0 Å². The summed E-state index contributed by atoms with van der Waals surface area (Å²) in [6.07, 6.45) is 1.87. The molecule has 2 radical (unpaired) electrons. The summed E-state index contributed by atoms with van der Waals surface area (Å²) >= 11 is -0.182. The van der Waals surface area contributed by atoms with E-state index in [2.05, 4.69) is 41.5 Å². The molecule has 2 aromatic rings. The van der Waals surface area contributed by atoms with Gasteiger partial charge < -0.3 is 9.47 Å². The van der Waals surface area contributed by atoms with Crippen LogP contribution in [0.1, 0.15) is 78.4 Å². The van der Waals surface area contributed by atoms with Gasteiger partial charge in [-0.2, -0.15) is 0 Å². The van der Waals surface area contributed by atoms with Crippen LogP contribution in [0.2, 0.25) is 6.86 Å². The summed E-state index contributed by atoms with van der Waals surface area (Å²) < 4.78 is 11.7. The van der Waals surface area contributed by atoms with Crippen molar-refractivity contribution in [2.24, 2.45) is 0 Å². The number of carbonyl (C=O) groups is 2. The molecule has 0 aliphatic rings. The zero-order valence-electron chi connectivity index (χ0n) is 21.1. The summed E-state index contributed by atoms with van der Waals surface area (Å²) in [5.41, 5.74) is 1.94. The second kappa shape index (κ2) is 15.2. The molecular weight excluding hydrogens is 519 g/mol. The maximum atomic E-state index is 11.6. The molecule has 0 N–H and O–H groups in total. The van der Waals surface area contributed by atoms with Gasteiger partial charge in [-0.05, 0) is 24.0 Å². The van der Waals surface area contributed by atoms with Crippen LogP contribution in [0.4, 0.5) is 0 Å². The van der Waals surface area contributed by atoms with E-state index < -0.39 is 0 Å². The van der Waals surface area contributed by atoms with E-state index in [1.807, 2.05) is 60.7 Å². The summed E-state index contributed by atoms with van der Waals surface area (Å²) in [5, 5.41) is 0. The maximum absolute atomic E-state index is 11.6. The average Bonchev–Trinajstić information content (AvgIpc) is 2.73. The third kappa shape index (κ3) is 17.3. The molecule has 0 heterocycles. The molecule has 2 aromatic carbocycles. The van der Waals surface area contributed by atoms with Crippen molar-refractivity contribution in [1.29, 1.82) is 0 Å². The van der Waals surface area contributed by atoms with Crippen molar-refractivity contribution >= 4 is 33.1 Å². The monoisotopic (exact) mass is 560 g/mol. The van der Waals surface area contributed by atoms with E-state index in [4.69, 9.17) is 9.47 Å². The van der Waals surface area contributed by atoms with Gasteiger partial charge in [-0.25, -0.2) is 0 Å². The van der Waals surface area contributed by atoms with Gasteiger partial charge in [-0.15, -0.1) is 0 Å². The summed E-state index contributed by atoms with van der Waals surface area (Å²) in [5.74, 6) is -0.479. The van der Waals surface area contributed by atoms with Crippen LogP contribution in [0.3, 0.4) is 0 Å². The molecule has 33 heavy (non-hydrogen) atoms. The topological polar surface area (TPSA) is 52.6 Å². The molecule has 0 aliphatic carbocycles. The molecule has 0 atom stereocenters. The Balaban J connectivity index is 0.000000513. The second-order valence-corrected chi connectivity index (χ2v) is 19.4. The van der Waals surface area contributed by atoms with Crippen LogP contribution in [-0.4, -0.2) is 33.1 Å². The Kier molecular flexibility index (Phi) is 13.4. The van der Waals surface area contributed by atoms with Crippen LogP contribution in [0.15, 0.2) is 60.7 Å². The Labute approximate surface area is 210 Å². The largest absolute Gasteiger partial charge is 0.461 e.